The number of quaternary nitrogens is 1. The Bertz CT molecular complexity index is 395. The fraction of sp³-hybridized carbons (Fsp3) is 0.700. The van der Waals surface area contributed by atoms with Gasteiger partial charge in [-0.3, -0.25) is 0 Å². The largest absolute Gasteiger partial charge is 0.460 e. The van der Waals surface area contributed by atoms with Crippen LogP contribution >= 0.6 is 0 Å². The van der Waals surface area contributed by atoms with Gasteiger partial charge in [0.2, 0.25) is 6.73 Å². The van der Waals surface area contributed by atoms with Gasteiger partial charge in [-0.05, 0) is 6.92 Å². The first-order valence-corrected chi connectivity index (χ1v) is 6.54. The molecule has 18 heavy (non-hydrogen) atoms. The van der Waals surface area contributed by atoms with E-state index in [4.69, 9.17) is 0 Å². The van der Waals surface area contributed by atoms with Crippen LogP contribution in [0.2, 0.25) is 0 Å². The first-order chi connectivity index (χ1) is 8.03. The van der Waals surface area contributed by atoms with E-state index in [9.17, 15) is 13.2 Å². The molecule has 0 aromatic heterocycles. The molecule has 0 saturated carbocycles. The van der Waals surface area contributed by atoms with Crippen LogP contribution < -0.4 is 0 Å². The molecule has 0 saturated heterocycles. The van der Waals surface area contributed by atoms with Crippen molar-refractivity contribution >= 4 is 16.4 Å². The molecular weight excluding hydrogens is 262 g/mol. The van der Waals surface area contributed by atoms with Crippen LogP contribution in [0.25, 0.3) is 0 Å². The molecule has 0 aliphatic heterocycles. The molecule has 106 valence electrons. The van der Waals surface area contributed by atoms with E-state index in [0.29, 0.717) is 4.48 Å². The minimum absolute atomic E-state index is 0.0477. The number of carbonyl (C=O) groups excluding carboxylic acids is 1. The summed E-state index contributed by atoms with van der Waals surface area (Å²) in [6.45, 7) is 4.35. The minimum atomic E-state index is -4.06. The highest BCUT2D eigenvalue weighted by atomic mass is 32.3. The molecule has 0 aliphatic carbocycles. The molecule has 8 heteroatoms. The smallest absolute Gasteiger partial charge is 0.404 e. The Morgan fingerprint density at radius 1 is 1.17 bits per heavy atom. The van der Waals surface area contributed by atoms with Crippen LogP contribution in [0.3, 0.4) is 0 Å². The molecule has 0 atom stereocenters. The maximum atomic E-state index is 11.2. The molecule has 0 radical (unpaired) electrons. The summed E-state index contributed by atoms with van der Waals surface area (Å²) in [4.78, 5) is 11.0. The van der Waals surface area contributed by atoms with Gasteiger partial charge in [-0.15, -0.1) is 0 Å². The molecule has 0 heterocycles. The summed E-state index contributed by atoms with van der Waals surface area (Å²) in [5, 5.41) is 0. The van der Waals surface area contributed by atoms with Crippen molar-refractivity contribution in [3.63, 3.8) is 0 Å². The first-order valence-electron chi connectivity index (χ1n) is 5.20. The summed E-state index contributed by atoms with van der Waals surface area (Å²) in [6, 6.07) is 0. The Morgan fingerprint density at radius 3 is 2.17 bits per heavy atom. The number of nitrogens with zero attached hydrogens (tertiary/aromatic N) is 1. The quantitative estimate of drug-likeness (QED) is 0.206. The Morgan fingerprint density at radius 2 is 1.72 bits per heavy atom. The number of hydrogen-bond acceptors (Lipinski definition) is 6. The highest BCUT2D eigenvalue weighted by Crippen LogP contribution is 2.00. The molecule has 0 amide bonds. The highest BCUT2D eigenvalue weighted by molar-refractivity contribution is 7.81. The predicted molar refractivity (Wildman–Crippen MR) is 64.6 cm³/mol. The van der Waals surface area contributed by atoms with Crippen LogP contribution in [0, 0.1) is 0 Å². The maximum Gasteiger partial charge on any atom is 0.404 e. The van der Waals surface area contributed by atoms with Gasteiger partial charge in [0.15, 0.2) is 0 Å². The van der Waals surface area contributed by atoms with Gasteiger partial charge in [0.1, 0.15) is 13.2 Å². The van der Waals surface area contributed by atoms with Gasteiger partial charge >= 0.3 is 16.4 Å². The second kappa shape index (κ2) is 6.83. The van der Waals surface area contributed by atoms with E-state index in [0.717, 1.165) is 0 Å². The molecule has 0 fully saturated rings. The predicted octanol–water partition coefficient (Wildman–Crippen LogP) is 0.0474. The van der Waals surface area contributed by atoms with Gasteiger partial charge in [-0.25, -0.2) is 8.98 Å². The molecule has 0 aromatic rings. The van der Waals surface area contributed by atoms with Crippen molar-refractivity contribution in [2.75, 3.05) is 41.1 Å². The van der Waals surface area contributed by atoms with Gasteiger partial charge < -0.3 is 9.22 Å². The summed E-state index contributed by atoms with van der Waals surface area (Å²) < 4.78 is 36.6. The first kappa shape index (κ1) is 17.0. The van der Waals surface area contributed by atoms with Crippen LogP contribution in [0.5, 0.6) is 0 Å². The van der Waals surface area contributed by atoms with Gasteiger partial charge in [-0.1, -0.05) is 6.58 Å². The Balaban J connectivity index is 3.92. The van der Waals surface area contributed by atoms with Crippen molar-refractivity contribution in [1.82, 2.24) is 0 Å². The van der Waals surface area contributed by atoms with Crippen molar-refractivity contribution in [3.05, 3.63) is 12.2 Å². The fourth-order valence-electron chi connectivity index (χ4n) is 0.650. The lowest BCUT2D eigenvalue weighted by molar-refractivity contribution is -0.886. The van der Waals surface area contributed by atoms with Crippen LogP contribution in [0.4, 0.5) is 0 Å². The number of ether oxygens (including phenoxy) is 1. The zero-order chi connectivity index (χ0) is 14.4. The minimum Gasteiger partial charge on any atom is -0.460 e. The van der Waals surface area contributed by atoms with E-state index in [1.165, 1.54) is 6.92 Å². The molecule has 0 bridgehead atoms. The van der Waals surface area contributed by atoms with Crippen LogP contribution in [0.1, 0.15) is 6.92 Å². The molecule has 7 nitrogen and oxygen atoms in total. The lowest BCUT2D eigenvalue weighted by Crippen LogP contribution is -2.38. The van der Waals surface area contributed by atoms with E-state index in [2.05, 4.69) is 19.7 Å². The molecule has 0 rings (SSSR count). The van der Waals surface area contributed by atoms with Gasteiger partial charge in [0.25, 0.3) is 0 Å². The second-order valence-corrected chi connectivity index (χ2v) is 5.97. The summed E-state index contributed by atoms with van der Waals surface area (Å²) in [5.41, 5.74) is 0.235. The van der Waals surface area contributed by atoms with Crippen LogP contribution in [-0.2, 0) is 28.3 Å². The lowest BCUT2D eigenvalue weighted by Gasteiger charge is -2.22. The van der Waals surface area contributed by atoms with Crippen molar-refractivity contribution < 1.29 is 30.8 Å². The third-order valence-corrected chi connectivity index (χ3v) is 2.33. The zero-order valence-electron chi connectivity index (χ0n) is 11.1. The molecular formula is C10H20NO6S+. The van der Waals surface area contributed by atoms with Crippen molar-refractivity contribution in [2.45, 2.75) is 6.92 Å². The van der Waals surface area contributed by atoms with Crippen molar-refractivity contribution in [2.24, 2.45) is 0 Å². The normalized spacial score (nSPS) is 12.2. The highest BCUT2D eigenvalue weighted by Gasteiger charge is 2.17. The average Bonchev–Trinajstić information content (AvgIpc) is 2.20. The Hall–Kier alpha value is -0.960. The number of carbonyl (C=O) groups is 1. The average molecular weight is 282 g/mol. The van der Waals surface area contributed by atoms with Crippen molar-refractivity contribution in [1.29, 1.82) is 0 Å². The molecule has 0 aromatic carbocycles. The summed E-state index contributed by atoms with van der Waals surface area (Å²) in [5.74, 6) is -0.594. The SMILES string of the molecule is C=C(C)C(=O)OCCOS(=O)(=O)OC[N+](C)(C)C. The van der Waals surface area contributed by atoms with E-state index < -0.39 is 16.4 Å². The summed E-state index contributed by atoms with van der Waals surface area (Å²) in [7, 11) is 1.24. The second-order valence-electron chi connectivity index (χ2n) is 4.68. The van der Waals surface area contributed by atoms with Gasteiger partial charge in [0.05, 0.1) is 21.1 Å². The molecule has 0 aliphatic rings. The third kappa shape index (κ3) is 9.11. The maximum absolute atomic E-state index is 11.2. The van der Waals surface area contributed by atoms with Gasteiger partial charge in [-0.2, -0.15) is 12.6 Å². The fourth-order valence-corrected chi connectivity index (χ4v) is 1.44. The standard InChI is InChI=1S/C10H20NO6S/c1-9(2)10(12)15-6-7-16-18(13,14)17-8-11(3,4)5/h1,6-8H2,2-5H3/q+1. The molecule has 0 spiro atoms. The van der Waals surface area contributed by atoms with Crippen molar-refractivity contribution in [3.8, 4) is 0 Å². The van der Waals surface area contributed by atoms with E-state index >= 15 is 0 Å². The zero-order valence-corrected chi connectivity index (χ0v) is 11.9. The van der Waals surface area contributed by atoms with E-state index in [1.807, 2.05) is 0 Å². The lowest BCUT2D eigenvalue weighted by atomic mass is 10.4. The summed E-state index contributed by atoms with van der Waals surface area (Å²) in [6.07, 6.45) is 0. The van der Waals surface area contributed by atoms with E-state index in [-0.39, 0.29) is 25.5 Å². The monoisotopic (exact) mass is 282 g/mol. The van der Waals surface area contributed by atoms with Crippen LogP contribution in [0.15, 0.2) is 12.2 Å². The summed E-state index contributed by atoms with van der Waals surface area (Å²) >= 11 is 0. The molecule has 0 N–H and O–H groups in total. The number of rotatable bonds is 8. The Labute approximate surface area is 108 Å². The van der Waals surface area contributed by atoms with Gasteiger partial charge in [0, 0.05) is 5.57 Å². The van der Waals surface area contributed by atoms with E-state index in [1.54, 1.807) is 21.1 Å². The number of esters is 1. The van der Waals surface area contributed by atoms with Crippen LogP contribution in [-0.4, -0.2) is 60.0 Å². The Kier molecular flexibility index (Phi) is 6.47. The third-order valence-electron chi connectivity index (χ3n) is 1.48. The molecule has 0 unspecified atom stereocenters. The topological polar surface area (TPSA) is 78.9 Å². The number of hydrogen-bond donors (Lipinski definition) is 0.